The number of hydrogen-bond donors (Lipinski definition) is 2. The Balaban J connectivity index is 1.62. The number of nitrogens with zero attached hydrogens (tertiary/aromatic N) is 2. The molecule has 6 heteroatoms. The van der Waals surface area contributed by atoms with Crippen LogP contribution in [0.4, 0.5) is 0 Å². The Morgan fingerprint density at radius 1 is 1.20 bits per heavy atom. The SMILES string of the molecule is Cn1nc(C2CCC(=O)NC2=O)c2ccc(CC3CCNCC3)cc21. The molecule has 2 N–H and O–H groups in total. The first kappa shape index (κ1) is 16.3. The zero-order chi connectivity index (χ0) is 17.4. The third-order valence-electron chi connectivity index (χ3n) is 5.50. The number of carbonyl (C=O) groups is 2. The molecule has 132 valence electrons. The highest BCUT2D eigenvalue weighted by atomic mass is 16.2. The van der Waals surface area contributed by atoms with Crippen LogP contribution in [-0.2, 0) is 23.1 Å². The maximum Gasteiger partial charge on any atom is 0.235 e. The second-order valence-electron chi connectivity index (χ2n) is 7.26. The summed E-state index contributed by atoms with van der Waals surface area (Å²) in [7, 11) is 1.92. The van der Waals surface area contributed by atoms with Gasteiger partial charge in [0.2, 0.25) is 11.8 Å². The lowest BCUT2D eigenvalue weighted by atomic mass is 9.89. The Morgan fingerprint density at radius 2 is 2.00 bits per heavy atom. The number of hydrogen-bond acceptors (Lipinski definition) is 4. The van der Waals surface area contributed by atoms with E-state index in [1.54, 1.807) is 0 Å². The van der Waals surface area contributed by atoms with Crippen LogP contribution in [0.5, 0.6) is 0 Å². The number of benzene rings is 1. The number of aryl methyl sites for hydroxylation is 1. The van der Waals surface area contributed by atoms with Gasteiger partial charge >= 0.3 is 0 Å². The fourth-order valence-electron chi connectivity index (χ4n) is 4.09. The molecular weight excluding hydrogens is 316 g/mol. The number of carbonyl (C=O) groups excluding carboxylic acids is 2. The van der Waals surface area contributed by atoms with Crippen molar-refractivity contribution in [1.82, 2.24) is 20.4 Å². The highest BCUT2D eigenvalue weighted by Crippen LogP contribution is 2.31. The summed E-state index contributed by atoms with van der Waals surface area (Å²) in [6.45, 7) is 2.22. The minimum atomic E-state index is -0.336. The molecular formula is C19H24N4O2. The number of piperidine rings is 2. The van der Waals surface area contributed by atoms with Gasteiger partial charge in [0.25, 0.3) is 0 Å². The van der Waals surface area contributed by atoms with Crippen LogP contribution in [-0.4, -0.2) is 34.7 Å². The van der Waals surface area contributed by atoms with Gasteiger partial charge in [-0.3, -0.25) is 19.6 Å². The Hall–Kier alpha value is -2.21. The third-order valence-corrected chi connectivity index (χ3v) is 5.50. The maximum atomic E-state index is 12.2. The molecule has 25 heavy (non-hydrogen) atoms. The number of rotatable bonds is 3. The summed E-state index contributed by atoms with van der Waals surface area (Å²) in [4.78, 5) is 23.6. The maximum absolute atomic E-state index is 12.2. The predicted molar refractivity (Wildman–Crippen MR) is 95.1 cm³/mol. The molecule has 1 atom stereocenters. The van der Waals surface area contributed by atoms with E-state index < -0.39 is 0 Å². The van der Waals surface area contributed by atoms with Crippen molar-refractivity contribution < 1.29 is 9.59 Å². The van der Waals surface area contributed by atoms with Crippen molar-refractivity contribution in [2.45, 2.75) is 38.0 Å². The van der Waals surface area contributed by atoms with Gasteiger partial charge in [-0.25, -0.2) is 0 Å². The summed E-state index contributed by atoms with van der Waals surface area (Å²) in [6, 6.07) is 6.47. The molecule has 4 rings (SSSR count). The molecule has 0 saturated carbocycles. The molecule has 1 aromatic heterocycles. The Morgan fingerprint density at radius 3 is 2.76 bits per heavy atom. The van der Waals surface area contributed by atoms with Gasteiger partial charge in [-0.15, -0.1) is 0 Å². The fraction of sp³-hybridized carbons (Fsp3) is 0.526. The van der Waals surface area contributed by atoms with Gasteiger partial charge in [0.15, 0.2) is 0 Å². The van der Waals surface area contributed by atoms with E-state index in [-0.39, 0.29) is 17.7 Å². The summed E-state index contributed by atoms with van der Waals surface area (Å²) in [5, 5.41) is 11.5. The normalized spacial score (nSPS) is 22.4. The van der Waals surface area contributed by atoms with E-state index in [0.29, 0.717) is 12.8 Å². The Bertz CT molecular complexity index is 820. The molecule has 2 aliphatic rings. The van der Waals surface area contributed by atoms with E-state index in [2.05, 4.69) is 33.9 Å². The first-order chi connectivity index (χ1) is 12.1. The highest BCUT2D eigenvalue weighted by molar-refractivity contribution is 6.02. The molecule has 0 radical (unpaired) electrons. The molecule has 2 aromatic rings. The first-order valence-corrected chi connectivity index (χ1v) is 9.12. The topological polar surface area (TPSA) is 76.0 Å². The number of fused-ring (bicyclic) bond motifs is 1. The minimum absolute atomic E-state index is 0.189. The molecule has 2 amide bonds. The van der Waals surface area contributed by atoms with Crippen molar-refractivity contribution in [3.63, 3.8) is 0 Å². The molecule has 2 fully saturated rings. The van der Waals surface area contributed by atoms with Gasteiger partial charge in [0.05, 0.1) is 17.1 Å². The molecule has 6 nitrogen and oxygen atoms in total. The second kappa shape index (κ2) is 6.59. The Kier molecular flexibility index (Phi) is 4.29. The van der Waals surface area contributed by atoms with Crippen molar-refractivity contribution >= 4 is 22.7 Å². The standard InChI is InChI=1S/C19H24N4O2/c1-23-16-11-13(10-12-6-8-20-9-7-12)2-3-14(16)18(22-23)15-4-5-17(24)21-19(15)25/h2-3,11-12,15,20H,4-10H2,1H3,(H,21,24,25). The average molecular weight is 340 g/mol. The van der Waals surface area contributed by atoms with Crippen LogP contribution < -0.4 is 10.6 Å². The van der Waals surface area contributed by atoms with Crippen LogP contribution in [0.3, 0.4) is 0 Å². The van der Waals surface area contributed by atoms with E-state index in [1.165, 1.54) is 18.4 Å². The summed E-state index contributed by atoms with van der Waals surface area (Å²) < 4.78 is 1.86. The lowest BCUT2D eigenvalue weighted by Crippen LogP contribution is -2.39. The molecule has 2 saturated heterocycles. The third kappa shape index (κ3) is 3.18. The average Bonchev–Trinajstić information content (AvgIpc) is 2.92. The number of aromatic nitrogens is 2. The summed E-state index contributed by atoms with van der Waals surface area (Å²) in [6.07, 6.45) is 4.46. The second-order valence-corrected chi connectivity index (χ2v) is 7.26. The molecule has 3 heterocycles. The van der Waals surface area contributed by atoms with E-state index in [9.17, 15) is 9.59 Å². The summed E-state index contributed by atoms with van der Waals surface area (Å²) >= 11 is 0. The van der Waals surface area contributed by atoms with Crippen molar-refractivity contribution in [2.24, 2.45) is 13.0 Å². The van der Waals surface area contributed by atoms with Crippen LogP contribution in [0.25, 0.3) is 10.9 Å². The zero-order valence-electron chi connectivity index (χ0n) is 14.5. The molecule has 2 aliphatic heterocycles. The molecule has 0 spiro atoms. The zero-order valence-corrected chi connectivity index (χ0v) is 14.5. The van der Waals surface area contributed by atoms with Gasteiger partial charge < -0.3 is 5.32 Å². The van der Waals surface area contributed by atoms with Crippen LogP contribution in [0.2, 0.25) is 0 Å². The van der Waals surface area contributed by atoms with Gasteiger partial charge in [0, 0.05) is 18.9 Å². The Labute approximate surface area is 147 Å². The highest BCUT2D eigenvalue weighted by Gasteiger charge is 2.31. The molecule has 0 bridgehead atoms. The molecule has 1 aromatic carbocycles. The lowest BCUT2D eigenvalue weighted by molar-refractivity contribution is -0.134. The van der Waals surface area contributed by atoms with Gasteiger partial charge in [0.1, 0.15) is 0 Å². The largest absolute Gasteiger partial charge is 0.317 e. The monoisotopic (exact) mass is 340 g/mol. The fourth-order valence-corrected chi connectivity index (χ4v) is 4.09. The van der Waals surface area contributed by atoms with Crippen molar-refractivity contribution in [3.05, 3.63) is 29.5 Å². The van der Waals surface area contributed by atoms with Gasteiger partial charge in [-0.1, -0.05) is 12.1 Å². The van der Waals surface area contributed by atoms with Gasteiger partial charge in [-0.2, -0.15) is 5.10 Å². The van der Waals surface area contributed by atoms with Crippen molar-refractivity contribution in [2.75, 3.05) is 13.1 Å². The number of nitrogens with one attached hydrogen (secondary N) is 2. The number of amides is 2. The number of imide groups is 1. The smallest absolute Gasteiger partial charge is 0.235 e. The van der Waals surface area contributed by atoms with Crippen LogP contribution in [0, 0.1) is 5.92 Å². The molecule has 1 unspecified atom stereocenters. The van der Waals surface area contributed by atoms with Crippen molar-refractivity contribution in [3.8, 4) is 0 Å². The van der Waals surface area contributed by atoms with Crippen molar-refractivity contribution in [1.29, 1.82) is 0 Å². The van der Waals surface area contributed by atoms with Crippen LogP contribution in [0.1, 0.15) is 42.9 Å². The summed E-state index contributed by atoms with van der Waals surface area (Å²) in [5.41, 5.74) is 3.18. The van der Waals surface area contributed by atoms with E-state index in [0.717, 1.165) is 42.0 Å². The predicted octanol–water partition coefficient (Wildman–Crippen LogP) is 1.64. The van der Waals surface area contributed by atoms with Gasteiger partial charge in [-0.05, 0) is 56.3 Å². The van der Waals surface area contributed by atoms with E-state index in [4.69, 9.17) is 0 Å². The van der Waals surface area contributed by atoms with E-state index >= 15 is 0 Å². The minimum Gasteiger partial charge on any atom is -0.317 e. The first-order valence-electron chi connectivity index (χ1n) is 9.12. The van der Waals surface area contributed by atoms with Crippen LogP contribution >= 0.6 is 0 Å². The van der Waals surface area contributed by atoms with Crippen LogP contribution in [0.15, 0.2) is 18.2 Å². The summed E-state index contributed by atoms with van der Waals surface area (Å²) in [5.74, 6) is -0.0148. The lowest BCUT2D eigenvalue weighted by Gasteiger charge is -2.22. The van der Waals surface area contributed by atoms with E-state index in [1.807, 2.05) is 11.7 Å². The molecule has 0 aliphatic carbocycles. The quantitative estimate of drug-likeness (QED) is 0.833.